The summed E-state index contributed by atoms with van der Waals surface area (Å²) in [6, 6.07) is 21.4. The molecule has 3 aromatic carbocycles. The number of halogens is 1. The molecule has 0 amide bonds. The maximum Gasteiger partial charge on any atom is 0.239 e. The zero-order chi connectivity index (χ0) is 17.9. The summed E-state index contributed by atoms with van der Waals surface area (Å²) in [5.41, 5.74) is 1.75. The van der Waals surface area contributed by atoms with Crippen molar-refractivity contribution in [1.29, 1.82) is 0 Å². The van der Waals surface area contributed by atoms with Gasteiger partial charge in [0.1, 0.15) is 5.75 Å². The van der Waals surface area contributed by atoms with Crippen LogP contribution in [-0.2, 0) is 22.3 Å². The van der Waals surface area contributed by atoms with E-state index in [2.05, 4.69) is 22.3 Å². The molecule has 0 aliphatic carbocycles. The summed E-state index contributed by atoms with van der Waals surface area (Å²) in [7, 11) is -1.16. The Balaban J connectivity index is 1.51. The minimum atomic E-state index is -1.16. The fourth-order valence-electron chi connectivity index (χ4n) is 2.85. The van der Waals surface area contributed by atoms with Crippen molar-refractivity contribution in [2.75, 3.05) is 0 Å². The van der Waals surface area contributed by atoms with Crippen LogP contribution in [0.2, 0.25) is 5.02 Å². The predicted octanol–water partition coefficient (Wildman–Crippen LogP) is 4.99. The topological polar surface area (TPSA) is 56.0 Å². The fraction of sp³-hybridized carbons (Fsp3) is 0.100. The molecule has 130 valence electrons. The van der Waals surface area contributed by atoms with Crippen LogP contribution >= 0.6 is 11.6 Å². The third-order valence-electron chi connectivity index (χ3n) is 4.06. The van der Waals surface area contributed by atoms with Gasteiger partial charge in [-0.3, -0.25) is 4.21 Å². The third-order valence-corrected chi connectivity index (χ3v) is 5.60. The lowest BCUT2D eigenvalue weighted by Gasteiger charge is -2.05. The molecular weight excluding hydrogens is 368 g/mol. The van der Waals surface area contributed by atoms with Crippen LogP contribution in [0, 0.1) is 0 Å². The smallest absolute Gasteiger partial charge is 0.239 e. The van der Waals surface area contributed by atoms with Crippen molar-refractivity contribution in [3.8, 4) is 11.4 Å². The van der Waals surface area contributed by atoms with Gasteiger partial charge in [-0.05, 0) is 28.5 Å². The Hall–Kier alpha value is -2.50. The van der Waals surface area contributed by atoms with Gasteiger partial charge < -0.3 is 4.52 Å². The Morgan fingerprint density at radius 3 is 2.58 bits per heavy atom. The van der Waals surface area contributed by atoms with E-state index in [1.807, 2.05) is 48.5 Å². The lowest BCUT2D eigenvalue weighted by Crippen LogP contribution is -2.00. The van der Waals surface area contributed by atoms with Crippen molar-refractivity contribution in [3.05, 3.63) is 83.2 Å². The highest BCUT2D eigenvalue weighted by Crippen LogP contribution is 2.25. The molecule has 6 heteroatoms. The number of nitrogens with zero attached hydrogens (tertiary/aromatic N) is 2. The van der Waals surface area contributed by atoms with Crippen LogP contribution in [0.4, 0.5) is 0 Å². The highest BCUT2D eigenvalue weighted by atomic mass is 35.5. The lowest BCUT2D eigenvalue weighted by atomic mass is 10.1. The quantitative estimate of drug-likeness (QED) is 0.487. The van der Waals surface area contributed by atoms with Crippen LogP contribution in [0.5, 0.6) is 0 Å². The van der Waals surface area contributed by atoms with Gasteiger partial charge in [0.2, 0.25) is 11.7 Å². The van der Waals surface area contributed by atoms with Crippen molar-refractivity contribution in [3.63, 3.8) is 0 Å². The molecule has 26 heavy (non-hydrogen) atoms. The minimum absolute atomic E-state index is 0.209. The number of benzene rings is 3. The van der Waals surface area contributed by atoms with Crippen molar-refractivity contribution in [2.45, 2.75) is 11.5 Å². The molecular formula is C20H15ClN2O2S. The van der Waals surface area contributed by atoms with Crippen LogP contribution in [0.3, 0.4) is 0 Å². The Labute approximate surface area is 158 Å². The average molecular weight is 383 g/mol. The van der Waals surface area contributed by atoms with Crippen molar-refractivity contribution in [1.82, 2.24) is 10.1 Å². The summed E-state index contributed by atoms with van der Waals surface area (Å²) in [4.78, 5) is 4.33. The van der Waals surface area contributed by atoms with Gasteiger partial charge in [0.15, 0.2) is 0 Å². The van der Waals surface area contributed by atoms with E-state index in [-0.39, 0.29) is 5.75 Å². The average Bonchev–Trinajstić information content (AvgIpc) is 3.10. The molecule has 0 saturated heterocycles. The normalized spacial score (nSPS) is 12.3. The minimum Gasteiger partial charge on any atom is -0.338 e. The van der Waals surface area contributed by atoms with Crippen LogP contribution in [0.25, 0.3) is 22.2 Å². The van der Waals surface area contributed by atoms with Crippen molar-refractivity contribution >= 4 is 33.2 Å². The van der Waals surface area contributed by atoms with E-state index in [0.717, 1.165) is 16.3 Å². The molecule has 4 nitrogen and oxygen atoms in total. The van der Waals surface area contributed by atoms with E-state index < -0.39 is 10.8 Å². The molecule has 0 aliphatic rings. The van der Waals surface area contributed by atoms with Crippen LogP contribution in [0.15, 0.2) is 71.3 Å². The van der Waals surface area contributed by atoms with E-state index in [9.17, 15) is 4.21 Å². The van der Waals surface area contributed by atoms with Crippen LogP contribution < -0.4 is 0 Å². The standard InChI is InChI=1S/C20H15ClN2O2S/c21-18-11-4-3-10-17(18)20-22-19(25-23-20)13-26(24)12-15-8-5-7-14-6-1-2-9-16(14)15/h1-11H,12-13H2. The second-order valence-electron chi connectivity index (χ2n) is 5.86. The Morgan fingerprint density at radius 1 is 0.923 bits per heavy atom. The van der Waals surface area contributed by atoms with Crippen molar-refractivity contribution in [2.24, 2.45) is 0 Å². The molecule has 0 bridgehead atoms. The second-order valence-corrected chi connectivity index (χ2v) is 7.72. The maximum absolute atomic E-state index is 12.6. The molecule has 0 spiro atoms. The zero-order valence-corrected chi connectivity index (χ0v) is 15.3. The molecule has 1 unspecified atom stereocenters. The first kappa shape index (κ1) is 16.9. The molecule has 0 N–H and O–H groups in total. The Kier molecular flexibility index (Phi) is 4.82. The highest BCUT2D eigenvalue weighted by molar-refractivity contribution is 7.83. The first-order chi connectivity index (χ1) is 12.7. The molecule has 0 aliphatic heterocycles. The second kappa shape index (κ2) is 7.40. The van der Waals surface area contributed by atoms with E-state index in [1.54, 1.807) is 6.07 Å². The number of fused-ring (bicyclic) bond motifs is 1. The fourth-order valence-corrected chi connectivity index (χ4v) is 4.16. The number of rotatable bonds is 5. The summed E-state index contributed by atoms with van der Waals surface area (Å²) in [6.45, 7) is 0. The Bertz CT molecular complexity index is 1090. The number of aromatic nitrogens is 2. The molecule has 1 atom stereocenters. The molecule has 4 aromatic rings. The largest absolute Gasteiger partial charge is 0.338 e. The van der Waals surface area contributed by atoms with Gasteiger partial charge in [-0.15, -0.1) is 0 Å². The first-order valence-electron chi connectivity index (χ1n) is 8.10. The SMILES string of the molecule is O=S(Cc1nc(-c2ccccc2Cl)no1)Cc1cccc2ccccc12. The highest BCUT2D eigenvalue weighted by Gasteiger charge is 2.14. The summed E-state index contributed by atoms with van der Waals surface area (Å²) in [6.07, 6.45) is 0. The summed E-state index contributed by atoms with van der Waals surface area (Å²) < 4.78 is 17.9. The maximum atomic E-state index is 12.6. The third kappa shape index (κ3) is 3.54. The van der Waals surface area contributed by atoms with E-state index in [1.165, 1.54) is 0 Å². The molecule has 0 radical (unpaired) electrons. The summed E-state index contributed by atoms with van der Waals surface area (Å²) in [5, 5.41) is 6.76. The molecule has 4 rings (SSSR count). The van der Waals surface area contributed by atoms with Gasteiger partial charge in [-0.2, -0.15) is 4.98 Å². The van der Waals surface area contributed by atoms with Crippen molar-refractivity contribution < 1.29 is 8.73 Å². The van der Waals surface area contributed by atoms with E-state index in [4.69, 9.17) is 16.1 Å². The number of hydrogen-bond acceptors (Lipinski definition) is 4. The summed E-state index contributed by atoms with van der Waals surface area (Å²) in [5.74, 6) is 1.40. The molecule has 0 saturated carbocycles. The van der Waals surface area contributed by atoms with Gasteiger partial charge in [0.05, 0.1) is 5.02 Å². The number of hydrogen-bond donors (Lipinski definition) is 0. The molecule has 1 heterocycles. The van der Waals surface area contributed by atoms with Crippen LogP contribution in [-0.4, -0.2) is 14.3 Å². The van der Waals surface area contributed by atoms with Gasteiger partial charge in [-0.25, -0.2) is 0 Å². The van der Waals surface area contributed by atoms with Gasteiger partial charge in [0, 0.05) is 22.1 Å². The lowest BCUT2D eigenvalue weighted by molar-refractivity contribution is 0.390. The molecule has 0 fully saturated rings. The Morgan fingerprint density at radius 2 is 1.69 bits per heavy atom. The van der Waals surface area contributed by atoms with Gasteiger partial charge >= 0.3 is 0 Å². The van der Waals surface area contributed by atoms with Crippen LogP contribution in [0.1, 0.15) is 11.5 Å². The van der Waals surface area contributed by atoms with Gasteiger partial charge in [-0.1, -0.05) is 71.4 Å². The van der Waals surface area contributed by atoms with Gasteiger partial charge in [0.25, 0.3) is 0 Å². The monoisotopic (exact) mass is 382 g/mol. The first-order valence-corrected chi connectivity index (χ1v) is 9.96. The molecule has 1 aromatic heterocycles. The predicted molar refractivity (Wildman–Crippen MR) is 104 cm³/mol. The van der Waals surface area contributed by atoms with E-state index in [0.29, 0.717) is 28.1 Å². The summed E-state index contributed by atoms with van der Waals surface area (Å²) >= 11 is 6.15. The van der Waals surface area contributed by atoms with E-state index >= 15 is 0 Å². The zero-order valence-electron chi connectivity index (χ0n) is 13.8.